The van der Waals surface area contributed by atoms with Crippen molar-refractivity contribution in [2.24, 2.45) is 5.41 Å². The fourth-order valence-corrected chi connectivity index (χ4v) is 2.49. The van der Waals surface area contributed by atoms with Gasteiger partial charge in [0.25, 0.3) is 5.91 Å². The van der Waals surface area contributed by atoms with Crippen molar-refractivity contribution in [3.05, 3.63) is 17.5 Å². The first-order chi connectivity index (χ1) is 7.69. The number of aryl methyl sites for hydroxylation is 1. The van der Waals surface area contributed by atoms with Crippen LogP contribution in [0.15, 0.2) is 10.6 Å². The van der Waals surface area contributed by atoms with Crippen molar-refractivity contribution in [3.8, 4) is 0 Å². The topological polar surface area (TPSA) is 46.3 Å². The first-order valence-electron chi connectivity index (χ1n) is 5.91. The maximum absolute atomic E-state index is 12.0. The second-order valence-corrected chi connectivity index (χ2v) is 5.12. The Morgan fingerprint density at radius 2 is 2.06 bits per heavy atom. The molecule has 1 amide bonds. The molecule has 4 nitrogen and oxygen atoms in total. The highest BCUT2D eigenvalue weighted by atomic mass is 16.5. The second kappa shape index (κ2) is 3.34. The first kappa shape index (κ1) is 9.87. The van der Waals surface area contributed by atoms with Crippen LogP contribution in [-0.4, -0.2) is 29.1 Å². The van der Waals surface area contributed by atoms with Crippen LogP contribution in [0.4, 0.5) is 0 Å². The number of carbonyl (C=O) groups excluding carboxylic acids is 1. The standard InChI is InChI=1S/C12H16N2O2/c1-9-8-10(13-16-9)11(15)14-6-4-12(2-3-12)5-7-14/h8H,2-7H2,1H3. The average Bonchev–Trinajstić information content (AvgIpc) is 2.89. The largest absolute Gasteiger partial charge is 0.361 e. The van der Waals surface area contributed by atoms with E-state index in [9.17, 15) is 4.79 Å². The fourth-order valence-electron chi connectivity index (χ4n) is 2.49. The van der Waals surface area contributed by atoms with Gasteiger partial charge in [0, 0.05) is 19.2 Å². The highest BCUT2D eigenvalue weighted by Crippen LogP contribution is 2.53. The number of aromatic nitrogens is 1. The van der Waals surface area contributed by atoms with Gasteiger partial charge in [-0.05, 0) is 38.0 Å². The Kier molecular flexibility index (Phi) is 2.06. The Morgan fingerprint density at radius 3 is 2.56 bits per heavy atom. The van der Waals surface area contributed by atoms with Crippen molar-refractivity contribution in [2.45, 2.75) is 32.6 Å². The molecule has 0 bridgehead atoms. The number of hydrogen-bond donors (Lipinski definition) is 0. The van der Waals surface area contributed by atoms with Crippen LogP contribution in [0.1, 0.15) is 41.9 Å². The third kappa shape index (κ3) is 1.62. The average molecular weight is 220 g/mol. The molecule has 2 fully saturated rings. The van der Waals surface area contributed by atoms with Crippen molar-refractivity contribution in [2.75, 3.05) is 13.1 Å². The summed E-state index contributed by atoms with van der Waals surface area (Å²) in [5.74, 6) is 0.714. The maximum Gasteiger partial charge on any atom is 0.276 e. The van der Waals surface area contributed by atoms with Gasteiger partial charge < -0.3 is 9.42 Å². The summed E-state index contributed by atoms with van der Waals surface area (Å²) in [6.07, 6.45) is 5.04. The number of piperidine rings is 1. The summed E-state index contributed by atoms with van der Waals surface area (Å²) in [4.78, 5) is 14.0. The molecule has 1 aromatic rings. The minimum atomic E-state index is 0.0207. The number of carbonyl (C=O) groups is 1. The summed E-state index contributed by atoms with van der Waals surface area (Å²) in [6, 6.07) is 1.71. The highest BCUT2D eigenvalue weighted by Gasteiger charge is 2.45. The van der Waals surface area contributed by atoms with Crippen LogP contribution in [-0.2, 0) is 0 Å². The summed E-state index contributed by atoms with van der Waals surface area (Å²) in [6.45, 7) is 3.56. The van der Waals surface area contributed by atoms with E-state index in [4.69, 9.17) is 4.52 Å². The number of likely N-dealkylation sites (tertiary alicyclic amines) is 1. The highest BCUT2D eigenvalue weighted by molar-refractivity contribution is 5.92. The van der Waals surface area contributed by atoms with Gasteiger partial charge in [-0.1, -0.05) is 5.16 Å². The Morgan fingerprint density at radius 1 is 1.38 bits per heavy atom. The van der Waals surface area contributed by atoms with E-state index in [-0.39, 0.29) is 5.91 Å². The van der Waals surface area contributed by atoms with Crippen LogP contribution in [0.25, 0.3) is 0 Å². The molecule has 0 aromatic carbocycles. The van der Waals surface area contributed by atoms with E-state index in [0.29, 0.717) is 16.9 Å². The molecule has 2 aliphatic rings. The minimum Gasteiger partial charge on any atom is -0.361 e. The molecule has 0 atom stereocenters. The lowest BCUT2D eigenvalue weighted by Gasteiger charge is -2.31. The zero-order chi connectivity index (χ0) is 11.2. The molecule has 0 unspecified atom stereocenters. The molecule has 16 heavy (non-hydrogen) atoms. The Balaban J connectivity index is 1.67. The lowest BCUT2D eigenvalue weighted by Crippen LogP contribution is -2.39. The lowest BCUT2D eigenvalue weighted by molar-refractivity contribution is 0.0668. The predicted octanol–water partition coefficient (Wildman–Crippen LogP) is 2.00. The van der Waals surface area contributed by atoms with E-state index in [0.717, 1.165) is 25.9 Å². The summed E-state index contributed by atoms with van der Waals surface area (Å²) < 4.78 is 4.93. The van der Waals surface area contributed by atoms with Crippen LogP contribution in [0.2, 0.25) is 0 Å². The molecular weight excluding hydrogens is 204 g/mol. The third-order valence-electron chi connectivity index (χ3n) is 3.92. The molecule has 1 spiro atoms. The van der Waals surface area contributed by atoms with Crippen molar-refractivity contribution in [1.29, 1.82) is 0 Å². The third-order valence-corrected chi connectivity index (χ3v) is 3.92. The molecular formula is C12H16N2O2. The van der Waals surface area contributed by atoms with Gasteiger partial charge in [-0.25, -0.2) is 0 Å². The van der Waals surface area contributed by atoms with Crippen LogP contribution in [0.5, 0.6) is 0 Å². The van der Waals surface area contributed by atoms with E-state index in [1.807, 2.05) is 4.90 Å². The molecule has 1 saturated heterocycles. The molecule has 4 heteroatoms. The maximum atomic E-state index is 12.0. The van der Waals surface area contributed by atoms with Crippen molar-refractivity contribution < 1.29 is 9.32 Å². The van der Waals surface area contributed by atoms with Crippen LogP contribution in [0.3, 0.4) is 0 Å². The zero-order valence-corrected chi connectivity index (χ0v) is 9.53. The summed E-state index contributed by atoms with van der Waals surface area (Å²) >= 11 is 0. The Bertz CT molecular complexity index is 410. The summed E-state index contributed by atoms with van der Waals surface area (Å²) in [7, 11) is 0. The number of hydrogen-bond acceptors (Lipinski definition) is 3. The summed E-state index contributed by atoms with van der Waals surface area (Å²) in [5, 5.41) is 3.78. The monoisotopic (exact) mass is 220 g/mol. The number of rotatable bonds is 1. The fraction of sp³-hybridized carbons (Fsp3) is 0.667. The molecule has 3 rings (SSSR count). The van der Waals surface area contributed by atoms with Crippen LogP contribution in [0, 0.1) is 12.3 Å². The molecule has 1 saturated carbocycles. The molecule has 2 heterocycles. The first-order valence-corrected chi connectivity index (χ1v) is 5.91. The van der Waals surface area contributed by atoms with Gasteiger partial charge in [0.1, 0.15) is 5.76 Å². The van der Waals surface area contributed by atoms with Gasteiger partial charge in [-0.15, -0.1) is 0 Å². The molecule has 0 radical (unpaired) electrons. The van der Waals surface area contributed by atoms with Gasteiger partial charge in [-0.2, -0.15) is 0 Å². The normalized spacial score (nSPS) is 22.4. The molecule has 0 N–H and O–H groups in total. The molecule has 86 valence electrons. The van der Waals surface area contributed by atoms with Gasteiger partial charge in [0.15, 0.2) is 5.69 Å². The minimum absolute atomic E-state index is 0.0207. The van der Waals surface area contributed by atoms with Gasteiger partial charge in [-0.3, -0.25) is 4.79 Å². The molecule has 1 aliphatic carbocycles. The van der Waals surface area contributed by atoms with Crippen molar-refractivity contribution in [1.82, 2.24) is 10.1 Å². The SMILES string of the molecule is Cc1cc(C(=O)N2CCC3(CC2)CC3)no1. The second-order valence-electron chi connectivity index (χ2n) is 5.12. The Hall–Kier alpha value is -1.32. The number of nitrogens with zero attached hydrogens (tertiary/aromatic N) is 2. The molecule has 1 aliphatic heterocycles. The van der Waals surface area contributed by atoms with Gasteiger partial charge in [0.05, 0.1) is 0 Å². The van der Waals surface area contributed by atoms with Gasteiger partial charge in [0.2, 0.25) is 0 Å². The van der Waals surface area contributed by atoms with E-state index in [1.165, 1.54) is 12.8 Å². The zero-order valence-electron chi connectivity index (χ0n) is 9.53. The van der Waals surface area contributed by atoms with Crippen LogP contribution >= 0.6 is 0 Å². The quantitative estimate of drug-likeness (QED) is 0.727. The smallest absolute Gasteiger partial charge is 0.276 e. The van der Waals surface area contributed by atoms with E-state index >= 15 is 0 Å². The Labute approximate surface area is 94.6 Å². The van der Waals surface area contributed by atoms with Gasteiger partial charge >= 0.3 is 0 Å². The lowest BCUT2D eigenvalue weighted by atomic mass is 9.93. The predicted molar refractivity (Wildman–Crippen MR) is 58.0 cm³/mol. The van der Waals surface area contributed by atoms with Crippen LogP contribution < -0.4 is 0 Å². The van der Waals surface area contributed by atoms with E-state index in [1.54, 1.807) is 13.0 Å². The number of amides is 1. The van der Waals surface area contributed by atoms with E-state index < -0.39 is 0 Å². The summed E-state index contributed by atoms with van der Waals surface area (Å²) in [5.41, 5.74) is 1.06. The molecule has 1 aromatic heterocycles. The van der Waals surface area contributed by atoms with Crippen molar-refractivity contribution >= 4 is 5.91 Å². The van der Waals surface area contributed by atoms with E-state index in [2.05, 4.69) is 5.16 Å². The van der Waals surface area contributed by atoms with Crippen molar-refractivity contribution in [3.63, 3.8) is 0 Å².